The van der Waals surface area contributed by atoms with Crippen LogP contribution in [0.2, 0.25) is 0 Å². The lowest BCUT2D eigenvalue weighted by Crippen LogP contribution is -2.12. The van der Waals surface area contributed by atoms with Gasteiger partial charge in [-0.2, -0.15) is 0 Å². The molecule has 2 N–H and O–H groups in total. The Morgan fingerprint density at radius 2 is 1.95 bits per heavy atom. The van der Waals surface area contributed by atoms with Crippen molar-refractivity contribution in [2.24, 2.45) is 5.73 Å². The van der Waals surface area contributed by atoms with E-state index in [1.807, 2.05) is 38.1 Å². The van der Waals surface area contributed by atoms with Gasteiger partial charge in [0.25, 0.3) is 0 Å². The van der Waals surface area contributed by atoms with E-state index < -0.39 is 0 Å². The third-order valence-electron chi connectivity index (χ3n) is 2.81. The molecule has 1 unspecified atom stereocenters. The fourth-order valence-corrected chi connectivity index (χ4v) is 2.64. The van der Waals surface area contributed by atoms with Gasteiger partial charge in [-0.1, -0.05) is 23.5 Å². The molecular weight excluding hydrogens is 258 g/mol. The van der Waals surface area contributed by atoms with E-state index in [2.05, 4.69) is 16.5 Å². The van der Waals surface area contributed by atoms with Gasteiger partial charge in [0.15, 0.2) is 0 Å². The molecule has 1 aromatic carbocycles. The lowest BCUT2D eigenvalue weighted by atomic mass is 10.0. The molecule has 0 amide bonds. The largest absolute Gasteiger partial charge is 0.491 e. The predicted molar refractivity (Wildman–Crippen MR) is 77.5 cm³/mol. The molecule has 5 heteroatoms. The van der Waals surface area contributed by atoms with E-state index in [1.54, 1.807) is 0 Å². The van der Waals surface area contributed by atoms with Crippen molar-refractivity contribution in [3.63, 3.8) is 0 Å². The Labute approximate surface area is 117 Å². The van der Waals surface area contributed by atoms with Crippen LogP contribution in [0.4, 0.5) is 0 Å². The Morgan fingerprint density at radius 1 is 1.26 bits per heavy atom. The van der Waals surface area contributed by atoms with Crippen LogP contribution < -0.4 is 10.5 Å². The predicted octanol–water partition coefficient (Wildman–Crippen LogP) is 2.94. The topological polar surface area (TPSA) is 61.0 Å². The number of ether oxygens (including phenoxy) is 1. The zero-order valence-corrected chi connectivity index (χ0v) is 12.3. The van der Waals surface area contributed by atoms with Gasteiger partial charge in [0, 0.05) is 0 Å². The molecule has 0 saturated carbocycles. The van der Waals surface area contributed by atoms with E-state index in [0.29, 0.717) is 0 Å². The maximum Gasteiger partial charge on any atom is 0.119 e. The van der Waals surface area contributed by atoms with Gasteiger partial charge in [-0.3, -0.25) is 0 Å². The Bertz CT molecular complexity index is 522. The third kappa shape index (κ3) is 3.30. The lowest BCUT2D eigenvalue weighted by Gasteiger charge is -2.13. The average Bonchev–Trinajstić information content (AvgIpc) is 2.86. The standard InChI is InChI=1S/C14H19N3OS/c1-4-12-14(19-17-16-12)13(15)10-5-7-11(8-6-10)18-9(2)3/h5-9,13H,4,15H2,1-3H3. The molecule has 0 aliphatic carbocycles. The number of aryl methyl sites for hydroxylation is 1. The normalized spacial score (nSPS) is 12.7. The fourth-order valence-electron chi connectivity index (χ4n) is 1.87. The molecule has 0 spiro atoms. The highest BCUT2D eigenvalue weighted by Crippen LogP contribution is 2.26. The highest BCUT2D eigenvalue weighted by Gasteiger charge is 2.16. The maximum absolute atomic E-state index is 6.28. The molecule has 0 radical (unpaired) electrons. The minimum atomic E-state index is -0.164. The molecule has 4 nitrogen and oxygen atoms in total. The average molecular weight is 277 g/mol. The Balaban J connectivity index is 2.18. The lowest BCUT2D eigenvalue weighted by molar-refractivity contribution is 0.242. The molecule has 0 aliphatic heterocycles. The molecular formula is C14H19N3OS. The van der Waals surface area contributed by atoms with Crippen molar-refractivity contribution < 1.29 is 4.74 Å². The first-order valence-electron chi connectivity index (χ1n) is 6.45. The van der Waals surface area contributed by atoms with Crippen LogP contribution in [0.3, 0.4) is 0 Å². The molecule has 102 valence electrons. The Kier molecular flexibility index (Phi) is 4.50. The second kappa shape index (κ2) is 6.12. The van der Waals surface area contributed by atoms with E-state index in [-0.39, 0.29) is 12.1 Å². The van der Waals surface area contributed by atoms with Gasteiger partial charge in [-0.05, 0) is 49.5 Å². The van der Waals surface area contributed by atoms with Gasteiger partial charge < -0.3 is 10.5 Å². The van der Waals surface area contributed by atoms with Crippen molar-refractivity contribution in [1.82, 2.24) is 9.59 Å². The highest BCUT2D eigenvalue weighted by atomic mass is 32.1. The molecule has 1 aromatic heterocycles. The summed E-state index contributed by atoms with van der Waals surface area (Å²) in [6.45, 7) is 6.08. The highest BCUT2D eigenvalue weighted by molar-refractivity contribution is 7.05. The van der Waals surface area contributed by atoms with Crippen molar-refractivity contribution in [3.05, 3.63) is 40.4 Å². The first-order chi connectivity index (χ1) is 9.11. The minimum absolute atomic E-state index is 0.164. The minimum Gasteiger partial charge on any atom is -0.491 e. The van der Waals surface area contributed by atoms with Gasteiger partial charge in [-0.15, -0.1) is 5.10 Å². The maximum atomic E-state index is 6.28. The van der Waals surface area contributed by atoms with Gasteiger partial charge in [0.2, 0.25) is 0 Å². The summed E-state index contributed by atoms with van der Waals surface area (Å²) in [6, 6.07) is 7.75. The molecule has 1 heterocycles. The summed E-state index contributed by atoms with van der Waals surface area (Å²) in [5.74, 6) is 0.865. The molecule has 1 atom stereocenters. The molecule has 0 fully saturated rings. The van der Waals surface area contributed by atoms with Crippen molar-refractivity contribution in [2.75, 3.05) is 0 Å². The quantitative estimate of drug-likeness (QED) is 0.912. The molecule has 2 aromatic rings. The first-order valence-corrected chi connectivity index (χ1v) is 7.22. The smallest absolute Gasteiger partial charge is 0.119 e. The van der Waals surface area contributed by atoms with Crippen LogP contribution in [-0.4, -0.2) is 15.7 Å². The number of nitrogens with zero attached hydrogens (tertiary/aromatic N) is 2. The van der Waals surface area contributed by atoms with Crippen molar-refractivity contribution in [2.45, 2.75) is 39.3 Å². The Hall–Kier alpha value is -1.46. The number of nitrogens with two attached hydrogens (primary N) is 1. The van der Waals surface area contributed by atoms with Gasteiger partial charge in [0.05, 0.1) is 22.7 Å². The van der Waals surface area contributed by atoms with Crippen LogP contribution in [0.1, 0.15) is 42.9 Å². The summed E-state index contributed by atoms with van der Waals surface area (Å²) >= 11 is 1.37. The first kappa shape index (κ1) is 14.0. The van der Waals surface area contributed by atoms with Crippen molar-refractivity contribution in [1.29, 1.82) is 0 Å². The van der Waals surface area contributed by atoms with Crippen molar-refractivity contribution >= 4 is 11.5 Å². The van der Waals surface area contributed by atoms with Crippen LogP contribution in [0, 0.1) is 0 Å². The summed E-state index contributed by atoms with van der Waals surface area (Å²) < 4.78 is 9.61. The molecule has 2 rings (SSSR count). The Morgan fingerprint density at radius 3 is 2.53 bits per heavy atom. The van der Waals surface area contributed by atoms with Gasteiger partial charge in [0.1, 0.15) is 5.75 Å². The van der Waals surface area contributed by atoms with Crippen LogP contribution in [0.5, 0.6) is 5.75 Å². The molecule has 0 bridgehead atoms. The second-order valence-electron chi connectivity index (χ2n) is 4.65. The molecule has 0 aliphatic rings. The van der Waals surface area contributed by atoms with E-state index in [1.165, 1.54) is 11.5 Å². The van der Waals surface area contributed by atoms with Crippen LogP contribution in [0.15, 0.2) is 24.3 Å². The summed E-state index contributed by atoms with van der Waals surface area (Å²) in [5.41, 5.74) is 8.32. The van der Waals surface area contributed by atoms with Gasteiger partial charge >= 0.3 is 0 Å². The van der Waals surface area contributed by atoms with Crippen LogP contribution >= 0.6 is 11.5 Å². The SMILES string of the molecule is CCc1nnsc1C(N)c1ccc(OC(C)C)cc1. The van der Waals surface area contributed by atoms with E-state index in [9.17, 15) is 0 Å². The fraction of sp³-hybridized carbons (Fsp3) is 0.429. The number of rotatable bonds is 5. The zero-order chi connectivity index (χ0) is 13.8. The third-order valence-corrected chi connectivity index (χ3v) is 3.66. The summed E-state index contributed by atoms with van der Waals surface area (Å²) in [6.07, 6.45) is 1.03. The summed E-state index contributed by atoms with van der Waals surface area (Å²) in [5, 5.41) is 4.10. The molecule has 0 saturated heterocycles. The van der Waals surface area contributed by atoms with Gasteiger partial charge in [-0.25, -0.2) is 0 Å². The summed E-state index contributed by atoms with van der Waals surface area (Å²) in [4.78, 5) is 1.04. The van der Waals surface area contributed by atoms with Crippen molar-refractivity contribution in [3.8, 4) is 5.75 Å². The summed E-state index contributed by atoms with van der Waals surface area (Å²) in [7, 11) is 0. The number of hydrogen-bond donors (Lipinski definition) is 1. The van der Waals surface area contributed by atoms with Crippen LogP contribution in [0.25, 0.3) is 0 Å². The second-order valence-corrected chi connectivity index (χ2v) is 5.44. The monoisotopic (exact) mass is 277 g/mol. The van der Waals surface area contributed by atoms with E-state index >= 15 is 0 Å². The van der Waals surface area contributed by atoms with E-state index in [4.69, 9.17) is 10.5 Å². The van der Waals surface area contributed by atoms with E-state index in [0.717, 1.165) is 28.3 Å². The molecule has 19 heavy (non-hydrogen) atoms. The number of aromatic nitrogens is 2. The van der Waals surface area contributed by atoms with Crippen LogP contribution in [-0.2, 0) is 6.42 Å². The number of benzene rings is 1. The number of hydrogen-bond acceptors (Lipinski definition) is 5. The zero-order valence-electron chi connectivity index (χ0n) is 11.5.